The smallest absolute Gasteiger partial charge is 0.338 e. The van der Waals surface area contributed by atoms with Crippen LogP contribution in [0.3, 0.4) is 0 Å². The summed E-state index contributed by atoms with van der Waals surface area (Å²) in [4.78, 5) is 11.4. The molecule has 0 aromatic heterocycles. The highest BCUT2D eigenvalue weighted by Crippen LogP contribution is 2.04. The lowest BCUT2D eigenvalue weighted by molar-refractivity contribution is 0.0495. The fourth-order valence-electron chi connectivity index (χ4n) is 1.09. The summed E-state index contributed by atoms with van der Waals surface area (Å²) in [5.41, 5.74) is 0.466. The summed E-state index contributed by atoms with van der Waals surface area (Å²) in [6.07, 6.45) is 0.242. The Kier molecular flexibility index (Phi) is 4.56. The first-order valence-electron chi connectivity index (χ1n) is 4.79. The molecule has 0 atom stereocenters. The Labute approximate surface area is 93.7 Å². The van der Waals surface area contributed by atoms with Crippen LogP contribution >= 0.6 is 0 Å². The van der Waals surface area contributed by atoms with E-state index < -0.39 is 11.9 Å². The molecule has 16 heavy (non-hydrogen) atoms. The normalized spacial score (nSPS) is 9.19. The number of ether oxygens (including phenoxy) is 1. The predicted octanol–water partition coefficient (Wildman–Crippen LogP) is 1.90. The van der Waals surface area contributed by atoms with E-state index in [4.69, 9.17) is 15.3 Å². The molecule has 1 rings (SSSR count). The van der Waals surface area contributed by atoms with Crippen molar-refractivity contribution >= 4 is 5.97 Å². The Bertz CT molecular complexity index is 415. The highest BCUT2D eigenvalue weighted by molar-refractivity contribution is 5.89. The number of nitrogens with zero attached hydrogens (tertiary/aromatic N) is 2. The molecule has 0 saturated carbocycles. The van der Waals surface area contributed by atoms with Crippen LogP contribution in [0.1, 0.15) is 16.8 Å². The highest BCUT2D eigenvalue weighted by Gasteiger charge is 2.09. The number of hydrogen-bond acceptors (Lipinski definition) is 4. The van der Waals surface area contributed by atoms with Crippen molar-refractivity contribution in [1.82, 2.24) is 0 Å². The molecule has 1 aromatic carbocycles. The van der Waals surface area contributed by atoms with Gasteiger partial charge in [0.15, 0.2) is 0 Å². The van der Waals surface area contributed by atoms with E-state index in [1.54, 1.807) is 30.3 Å². The maximum absolute atomic E-state index is 11.4. The second kappa shape index (κ2) is 6.21. The van der Waals surface area contributed by atoms with Crippen LogP contribution < -0.4 is 0 Å². The van der Waals surface area contributed by atoms with E-state index in [1.807, 2.05) is 12.1 Å². The molecule has 0 aliphatic heterocycles. The van der Waals surface area contributed by atoms with Crippen LogP contribution in [0, 0.1) is 28.6 Å². The third kappa shape index (κ3) is 3.43. The van der Waals surface area contributed by atoms with Gasteiger partial charge in [-0.3, -0.25) is 0 Å². The Balaban J connectivity index is 2.38. The molecule has 4 nitrogen and oxygen atoms in total. The van der Waals surface area contributed by atoms with Crippen LogP contribution in [0.15, 0.2) is 30.3 Å². The topological polar surface area (TPSA) is 73.9 Å². The van der Waals surface area contributed by atoms with Gasteiger partial charge in [0.25, 0.3) is 0 Å². The van der Waals surface area contributed by atoms with Crippen molar-refractivity contribution in [3.8, 4) is 12.1 Å². The molecule has 0 bridgehead atoms. The summed E-state index contributed by atoms with van der Waals surface area (Å²) in [7, 11) is 0. The number of carbonyl (C=O) groups is 1. The van der Waals surface area contributed by atoms with Gasteiger partial charge >= 0.3 is 5.97 Å². The van der Waals surface area contributed by atoms with E-state index in [1.165, 1.54) is 0 Å². The van der Waals surface area contributed by atoms with Crippen molar-refractivity contribution in [2.45, 2.75) is 6.42 Å². The highest BCUT2D eigenvalue weighted by atomic mass is 16.5. The van der Waals surface area contributed by atoms with Crippen LogP contribution in [0.2, 0.25) is 0 Å². The summed E-state index contributed by atoms with van der Waals surface area (Å²) in [5.74, 6) is -1.15. The van der Waals surface area contributed by atoms with Crippen molar-refractivity contribution in [1.29, 1.82) is 10.5 Å². The Hall–Kier alpha value is -2.33. The van der Waals surface area contributed by atoms with Crippen molar-refractivity contribution in [3.05, 3.63) is 35.9 Å². The third-order valence-corrected chi connectivity index (χ3v) is 1.96. The van der Waals surface area contributed by atoms with Crippen molar-refractivity contribution in [3.63, 3.8) is 0 Å². The van der Waals surface area contributed by atoms with Gasteiger partial charge in [-0.05, 0) is 12.1 Å². The van der Waals surface area contributed by atoms with Gasteiger partial charge in [-0.2, -0.15) is 10.5 Å². The zero-order valence-corrected chi connectivity index (χ0v) is 8.59. The number of hydrogen-bond donors (Lipinski definition) is 0. The summed E-state index contributed by atoms with van der Waals surface area (Å²) in [6.45, 7) is 0.0829. The summed E-state index contributed by atoms with van der Waals surface area (Å²) >= 11 is 0. The van der Waals surface area contributed by atoms with Gasteiger partial charge in [0.2, 0.25) is 0 Å². The largest absolute Gasteiger partial charge is 0.462 e. The maximum Gasteiger partial charge on any atom is 0.338 e. The monoisotopic (exact) mass is 214 g/mol. The third-order valence-electron chi connectivity index (χ3n) is 1.96. The van der Waals surface area contributed by atoms with Crippen LogP contribution in [-0.2, 0) is 4.74 Å². The Morgan fingerprint density at radius 3 is 2.44 bits per heavy atom. The molecule has 0 N–H and O–H groups in total. The molecule has 0 aliphatic rings. The summed E-state index contributed by atoms with van der Waals surface area (Å²) in [5, 5.41) is 17.0. The number of rotatable bonds is 4. The first-order chi connectivity index (χ1) is 7.77. The number of nitriles is 2. The summed E-state index contributed by atoms with van der Waals surface area (Å²) in [6, 6.07) is 12.2. The number of esters is 1. The van der Waals surface area contributed by atoms with Gasteiger partial charge in [-0.1, -0.05) is 18.2 Å². The second-order valence-electron chi connectivity index (χ2n) is 3.10. The van der Waals surface area contributed by atoms with Crippen LogP contribution in [0.25, 0.3) is 0 Å². The van der Waals surface area contributed by atoms with Gasteiger partial charge < -0.3 is 4.74 Å². The minimum absolute atomic E-state index is 0.0829. The van der Waals surface area contributed by atoms with E-state index in [0.717, 1.165) is 0 Å². The zero-order chi connectivity index (χ0) is 11.8. The lowest BCUT2D eigenvalue weighted by Gasteiger charge is -2.04. The molecule has 0 radical (unpaired) electrons. The second-order valence-corrected chi connectivity index (χ2v) is 3.10. The quantitative estimate of drug-likeness (QED) is 0.717. The molecule has 4 heteroatoms. The average molecular weight is 214 g/mol. The van der Waals surface area contributed by atoms with E-state index in [-0.39, 0.29) is 13.0 Å². The van der Waals surface area contributed by atoms with E-state index in [0.29, 0.717) is 5.56 Å². The average Bonchev–Trinajstić information content (AvgIpc) is 2.35. The van der Waals surface area contributed by atoms with Crippen LogP contribution in [-0.4, -0.2) is 12.6 Å². The van der Waals surface area contributed by atoms with E-state index >= 15 is 0 Å². The molecule has 0 spiro atoms. The van der Waals surface area contributed by atoms with Crippen molar-refractivity contribution in [2.24, 2.45) is 5.92 Å². The summed E-state index contributed by atoms with van der Waals surface area (Å²) < 4.78 is 4.92. The molecule has 1 aromatic rings. The van der Waals surface area contributed by atoms with Gasteiger partial charge in [-0.25, -0.2) is 4.79 Å². The van der Waals surface area contributed by atoms with Crippen molar-refractivity contribution < 1.29 is 9.53 Å². The number of carbonyl (C=O) groups excluding carboxylic acids is 1. The molecular weight excluding hydrogens is 204 g/mol. The minimum atomic E-state index is -0.719. The van der Waals surface area contributed by atoms with Gasteiger partial charge in [0.1, 0.15) is 5.92 Å². The van der Waals surface area contributed by atoms with E-state index in [9.17, 15) is 4.79 Å². The van der Waals surface area contributed by atoms with Crippen molar-refractivity contribution in [2.75, 3.05) is 6.61 Å². The fourth-order valence-corrected chi connectivity index (χ4v) is 1.09. The van der Waals surface area contributed by atoms with Crippen LogP contribution in [0.4, 0.5) is 0 Å². The van der Waals surface area contributed by atoms with Gasteiger partial charge in [-0.15, -0.1) is 0 Å². The van der Waals surface area contributed by atoms with Gasteiger partial charge in [0.05, 0.1) is 24.3 Å². The van der Waals surface area contributed by atoms with Crippen LogP contribution in [0.5, 0.6) is 0 Å². The van der Waals surface area contributed by atoms with E-state index in [2.05, 4.69) is 0 Å². The molecule has 0 unspecified atom stereocenters. The number of benzene rings is 1. The first-order valence-corrected chi connectivity index (χ1v) is 4.79. The van der Waals surface area contributed by atoms with Gasteiger partial charge in [0, 0.05) is 6.42 Å². The minimum Gasteiger partial charge on any atom is -0.462 e. The fraction of sp³-hybridized carbons (Fsp3) is 0.250. The lowest BCUT2D eigenvalue weighted by Crippen LogP contribution is -2.08. The standard InChI is InChI=1S/C12H10N2O2/c13-8-10(9-14)6-7-16-12(15)11-4-2-1-3-5-11/h1-5,10H,6-7H2. The Morgan fingerprint density at radius 2 is 1.88 bits per heavy atom. The zero-order valence-electron chi connectivity index (χ0n) is 8.59. The SMILES string of the molecule is N#CC(C#N)CCOC(=O)c1ccccc1. The molecule has 80 valence electrons. The molecule has 0 aliphatic carbocycles. The maximum atomic E-state index is 11.4. The lowest BCUT2D eigenvalue weighted by atomic mass is 10.1. The molecule has 0 fully saturated rings. The molecule has 0 amide bonds. The molecule has 0 saturated heterocycles. The molecule has 0 heterocycles. The molecular formula is C12H10N2O2. The Morgan fingerprint density at radius 1 is 1.25 bits per heavy atom. The predicted molar refractivity (Wildman–Crippen MR) is 56.1 cm³/mol. The first kappa shape index (κ1) is 11.7.